The molecule has 1 heterocycles. The van der Waals surface area contributed by atoms with Gasteiger partial charge in [-0.1, -0.05) is 237 Å². The minimum atomic E-state index is 1.19. The highest BCUT2D eigenvalue weighted by molar-refractivity contribution is 7.24. The van der Waals surface area contributed by atoms with Crippen molar-refractivity contribution in [2.45, 2.75) is 0 Å². The van der Waals surface area contributed by atoms with Crippen LogP contribution in [0.15, 0.2) is 243 Å². The van der Waals surface area contributed by atoms with Crippen LogP contribution < -0.4 is 0 Å². The highest BCUT2D eigenvalue weighted by Crippen LogP contribution is 2.54. The smallest absolute Gasteiger partial charge is 0.0446 e. The molecular weight excluding hydrogens is 777 g/mol. The molecule has 0 nitrogen and oxygen atoms in total. The van der Waals surface area contributed by atoms with E-state index in [0.29, 0.717) is 0 Å². The Morgan fingerprint density at radius 2 is 0.556 bits per heavy atom. The summed E-state index contributed by atoms with van der Waals surface area (Å²) >= 11 is 1.92. The molecule has 294 valence electrons. The lowest BCUT2D eigenvalue weighted by atomic mass is 9.85. The van der Waals surface area contributed by atoms with Gasteiger partial charge in [0.05, 0.1) is 0 Å². The highest BCUT2D eigenvalue weighted by Gasteiger charge is 2.25. The molecule has 0 radical (unpaired) electrons. The Labute approximate surface area is 371 Å². The van der Waals surface area contributed by atoms with Crippen molar-refractivity contribution in [2.75, 3.05) is 0 Å². The van der Waals surface area contributed by atoms with E-state index in [9.17, 15) is 0 Å². The predicted octanol–water partition coefficient (Wildman–Crippen LogP) is 18.0. The molecule has 0 amide bonds. The summed E-state index contributed by atoms with van der Waals surface area (Å²) in [6, 6.07) is 89.0. The van der Waals surface area contributed by atoms with Gasteiger partial charge in [0.15, 0.2) is 0 Å². The molecule has 12 aromatic rings. The lowest BCUT2D eigenvalue weighted by Gasteiger charge is -2.18. The van der Waals surface area contributed by atoms with E-state index in [1.165, 1.54) is 120 Å². The quantitative estimate of drug-likeness (QED) is 0.141. The second kappa shape index (κ2) is 15.6. The van der Waals surface area contributed by atoms with Gasteiger partial charge in [0.1, 0.15) is 0 Å². The van der Waals surface area contributed by atoms with E-state index in [1.54, 1.807) is 0 Å². The summed E-state index contributed by atoms with van der Waals surface area (Å²) in [5.41, 5.74) is 16.1. The minimum Gasteiger partial charge on any atom is -0.134 e. The standard InChI is InChI=1S/C62H40S/c1-6-20-42(21-7-1)55-49-30-16-17-31-50(49)56(43-22-8-2-9-23-43)54-40-48(38-39-53(54)55)41-34-36-47(37-35-41)61-59(46-28-14-5-15-29-46)60-52-33-19-18-32-51(52)57(44-24-10-3-11-25-44)58(62(60)63-61)45-26-12-4-13-27-45/h1-40H. The number of hydrogen-bond acceptors (Lipinski definition) is 1. The molecule has 1 heteroatoms. The molecule has 0 aliphatic rings. The van der Waals surface area contributed by atoms with E-state index in [0.717, 1.165) is 0 Å². The average Bonchev–Trinajstić information content (AvgIpc) is 3.77. The van der Waals surface area contributed by atoms with Crippen LogP contribution in [0.3, 0.4) is 0 Å². The largest absolute Gasteiger partial charge is 0.134 e. The van der Waals surface area contributed by atoms with Crippen molar-refractivity contribution in [1.29, 1.82) is 0 Å². The molecule has 0 atom stereocenters. The summed E-state index contributed by atoms with van der Waals surface area (Å²) in [6.07, 6.45) is 0. The van der Waals surface area contributed by atoms with Crippen LogP contribution in [0.2, 0.25) is 0 Å². The van der Waals surface area contributed by atoms with E-state index in [1.807, 2.05) is 11.3 Å². The van der Waals surface area contributed by atoms with Gasteiger partial charge >= 0.3 is 0 Å². The van der Waals surface area contributed by atoms with Crippen LogP contribution in [-0.4, -0.2) is 0 Å². The summed E-state index contributed by atoms with van der Waals surface area (Å²) in [5, 5.41) is 8.89. The molecule has 63 heavy (non-hydrogen) atoms. The first kappa shape index (κ1) is 37.0. The van der Waals surface area contributed by atoms with E-state index in [2.05, 4.69) is 243 Å². The second-order valence-electron chi connectivity index (χ2n) is 16.3. The maximum absolute atomic E-state index is 2.42. The monoisotopic (exact) mass is 816 g/mol. The first-order chi connectivity index (χ1) is 31.3. The average molecular weight is 817 g/mol. The van der Waals surface area contributed by atoms with Gasteiger partial charge in [-0.2, -0.15) is 0 Å². The van der Waals surface area contributed by atoms with Gasteiger partial charge in [-0.25, -0.2) is 0 Å². The SMILES string of the molecule is c1ccc(-c2c3ccccc3c(-c3ccccc3)c3cc(-c4ccc(-c5sc6c(-c7ccccc7)c(-c7ccccc7)c7ccccc7c6c5-c5ccccc5)cc4)ccc23)cc1. The molecule has 0 saturated carbocycles. The predicted molar refractivity (Wildman–Crippen MR) is 272 cm³/mol. The van der Waals surface area contributed by atoms with Gasteiger partial charge in [0.25, 0.3) is 0 Å². The fraction of sp³-hybridized carbons (Fsp3) is 0. The second-order valence-corrected chi connectivity index (χ2v) is 17.3. The van der Waals surface area contributed by atoms with Gasteiger partial charge in [-0.15, -0.1) is 11.3 Å². The van der Waals surface area contributed by atoms with Crippen LogP contribution in [0.4, 0.5) is 0 Å². The zero-order valence-electron chi connectivity index (χ0n) is 34.5. The first-order valence-electron chi connectivity index (χ1n) is 21.7. The zero-order chi connectivity index (χ0) is 41.7. The van der Waals surface area contributed by atoms with Crippen LogP contribution in [-0.2, 0) is 0 Å². The van der Waals surface area contributed by atoms with Gasteiger partial charge < -0.3 is 0 Å². The highest BCUT2D eigenvalue weighted by atomic mass is 32.1. The molecular formula is C62H40S. The molecule has 0 fully saturated rings. The Morgan fingerprint density at radius 1 is 0.206 bits per heavy atom. The van der Waals surface area contributed by atoms with Gasteiger partial charge in [-0.3, -0.25) is 0 Å². The fourth-order valence-electron chi connectivity index (χ4n) is 9.90. The lowest BCUT2D eigenvalue weighted by molar-refractivity contribution is 1.62. The van der Waals surface area contributed by atoms with Crippen LogP contribution in [0.1, 0.15) is 0 Å². The minimum absolute atomic E-state index is 1.19. The number of rotatable bonds is 7. The van der Waals surface area contributed by atoms with Crippen LogP contribution in [0, 0.1) is 0 Å². The maximum atomic E-state index is 2.42. The lowest BCUT2D eigenvalue weighted by Crippen LogP contribution is -1.91. The third-order valence-corrected chi connectivity index (χ3v) is 13.9. The number of hydrogen-bond donors (Lipinski definition) is 0. The number of benzene rings is 11. The van der Waals surface area contributed by atoms with Crippen molar-refractivity contribution < 1.29 is 0 Å². The fourth-order valence-corrected chi connectivity index (χ4v) is 11.3. The summed E-state index contributed by atoms with van der Waals surface area (Å²) in [4.78, 5) is 1.28. The zero-order valence-corrected chi connectivity index (χ0v) is 35.3. The maximum Gasteiger partial charge on any atom is 0.0446 e. The Hall–Kier alpha value is -7.84. The third kappa shape index (κ3) is 6.28. The summed E-state index contributed by atoms with van der Waals surface area (Å²) in [7, 11) is 0. The molecule has 0 bridgehead atoms. The third-order valence-electron chi connectivity index (χ3n) is 12.7. The molecule has 0 unspecified atom stereocenters. The Balaban J connectivity index is 1.09. The van der Waals surface area contributed by atoms with Crippen molar-refractivity contribution in [3.8, 4) is 77.2 Å². The van der Waals surface area contributed by atoms with Crippen molar-refractivity contribution in [3.63, 3.8) is 0 Å². The summed E-state index contributed by atoms with van der Waals surface area (Å²) in [5.74, 6) is 0. The molecule has 0 spiro atoms. The van der Waals surface area contributed by atoms with Gasteiger partial charge in [0, 0.05) is 26.1 Å². The summed E-state index contributed by atoms with van der Waals surface area (Å²) < 4.78 is 1.31. The van der Waals surface area contributed by atoms with Gasteiger partial charge in [-0.05, 0) is 99.6 Å². The molecule has 12 rings (SSSR count). The molecule has 0 aliphatic carbocycles. The van der Waals surface area contributed by atoms with E-state index < -0.39 is 0 Å². The van der Waals surface area contributed by atoms with Crippen molar-refractivity contribution in [3.05, 3.63) is 243 Å². The van der Waals surface area contributed by atoms with E-state index >= 15 is 0 Å². The van der Waals surface area contributed by atoms with Crippen molar-refractivity contribution >= 4 is 53.7 Å². The Morgan fingerprint density at radius 3 is 1.06 bits per heavy atom. The van der Waals surface area contributed by atoms with Crippen LogP contribution in [0.5, 0.6) is 0 Å². The molecule has 0 aliphatic heterocycles. The summed E-state index contributed by atoms with van der Waals surface area (Å²) in [6.45, 7) is 0. The van der Waals surface area contributed by atoms with E-state index in [4.69, 9.17) is 0 Å². The molecule has 0 N–H and O–H groups in total. The van der Waals surface area contributed by atoms with Crippen molar-refractivity contribution in [2.24, 2.45) is 0 Å². The topological polar surface area (TPSA) is 0 Å². The molecule has 11 aromatic carbocycles. The number of thiophene rings is 1. The van der Waals surface area contributed by atoms with Crippen LogP contribution >= 0.6 is 11.3 Å². The Kier molecular flexibility index (Phi) is 9.13. The van der Waals surface area contributed by atoms with E-state index in [-0.39, 0.29) is 0 Å². The van der Waals surface area contributed by atoms with Crippen molar-refractivity contribution in [1.82, 2.24) is 0 Å². The Bertz CT molecular complexity index is 3610. The number of fused-ring (bicyclic) bond motifs is 5. The molecule has 0 saturated heterocycles. The first-order valence-corrected chi connectivity index (χ1v) is 22.5. The van der Waals surface area contributed by atoms with Crippen LogP contribution in [0.25, 0.3) is 120 Å². The normalized spacial score (nSPS) is 11.5. The molecule has 1 aromatic heterocycles. The van der Waals surface area contributed by atoms with Gasteiger partial charge in [0.2, 0.25) is 0 Å².